The summed E-state index contributed by atoms with van der Waals surface area (Å²) in [5, 5.41) is 14.4. The van der Waals surface area contributed by atoms with Crippen molar-refractivity contribution in [3.63, 3.8) is 0 Å². The number of hydrogen-bond acceptors (Lipinski definition) is 5. The number of carbonyl (C=O) groups excluding carboxylic acids is 2. The van der Waals surface area contributed by atoms with E-state index in [1.807, 2.05) is 25.1 Å². The first-order valence-corrected chi connectivity index (χ1v) is 11.5. The Kier molecular flexibility index (Phi) is 6.82. The van der Waals surface area contributed by atoms with Crippen LogP contribution >= 0.6 is 11.3 Å². The summed E-state index contributed by atoms with van der Waals surface area (Å²) >= 11 is 1.18. The van der Waals surface area contributed by atoms with Crippen LogP contribution in [-0.4, -0.2) is 40.1 Å². The van der Waals surface area contributed by atoms with Crippen LogP contribution in [0.15, 0.2) is 48.5 Å². The highest BCUT2D eigenvalue weighted by Gasteiger charge is 2.31. The predicted molar refractivity (Wildman–Crippen MR) is 123 cm³/mol. The molecule has 4 rings (SSSR count). The summed E-state index contributed by atoms with van der Waals surface area (Å²) in [5.41, 5.74) is 0.870. The Morgan fingerprint density at radius 2 is 1.88 bits per heavy atom. The summed E-state index contributed by atoms with van der Waals surface area (Å²) < 4.78 is 38.8. The van der Waals surface area contributed by atoms with Crippen LogP contribution in [0.25, 0.3) is 0 Å². The number of urea groups is 1. The lowest BCUT2D eigenvalue weighted by molar-refractivity contribution is -0.137. The van der Waals surface area contributed by atoms with Crippen LogP contribution in [0.2, 0.25) is 0 Å². The largest absolute Gasteiger partial charge is 0.416 e. The Hall–Kier alpha value is -3.47. The molecule has 0 radical (unpaired) electrons. The molecular weight excluding hydrogens is 467 g/mol. The van der Waals surface area contributed by atoms with Gasteiger partial charge >= 0.3 is 12.2 Å². The van der Waals surface area contributed by atoms with Crippen molar-refractivity contribution in [1.82, 2.24) is 15.1 Å². The van der Waals surface area contributed by atoms with E-state index in [0.29, 0.717) is 30.2 Å². The SMILES string of the molecule is Cc1ccccc1NC(=O)c1nnc(C2CCCN(C(=O)Nc3cccc(C(F)(F)F)c3)C2)s1. The predicted octanol–water partition coefficient (Wildman–Crippen LogP) is 5.53. The van der Waals surface area contributed by atoms with Gasteiger partial charge in [-0.25, -0.2) is 4.79 Å². The van der Waals surface area contributed by atoms with Gasteiger partial charge in [-0.2, -0.15) is 13.2 Å². The number of anilines is 2. The molecule has 1 unspecified atom stereocenters. The summed E-state index contributed by atoms with van der Waals surface area (Å²) in [4.78, 5) is 26.8. The van der Waals surface area contributed by atoms with Gasteiger partial charge in [-0.05, 0) is 49.6 Å². The number of likely N-dealkylation sites (tertiary alicyclic amines) is 1. The summed E-state index contributed by atoms with van der Waals surface area (Å²) in [6.07, 6.45) is -3.02. The highest BCUT2D eigenvalue weighted by molar-refractivity contribution is 7.13. The third kappa shape index (κ3) is 5.53. The molecule has 0 spiro atoms. The van der Waals surface area contributed by atoms with Crippen molar-refractivity contribution in [2.24, 2.45) is 0 Å². The quantitative estimate of drug-likeness (QED) is 0.505. The molecule has 0 bridgehead atoms. The van der Waals surface area contributed by atoms with E-state index >= 15 is 0 Å². The Balaban J connectivity index is 1.39. The highest BCUT2D eigenvalue weighted by atomic mass is 32.1. The Morgan fingerprint density at radius 3 is 2.65 bits per heavy atom. The maximum absolute atomic E-state index is 12.9. The molecule has 3 aromatic rings. The van der Waals surface area contributed by atoms with Gasteiger partial charge in [-0.15, -0.1) is 10.2 Å². The monoisotopic (exact) mass is 489 g/mol. The zero-order chi connectivity index (χ0) is 24.3. The Morgan fingerprint density at radius 1 is 1.09 bits per heavy atom. The number of hydrogen-bond donors (Lipinski definition) is 2. The van der Waals surface area contributed by atoms with Gasteiger partial charge in [0.15, 0.2) is 0 Å². The molecular formula is C23H22F3N5O2S. The topological polar surface area (TPSA) is 87.2 Å². The van der Waals surface area contributed by atoms with E-state index in [4.69, 9.17) is 0 Å². The number of alkyl halides is 3. The first-order chi connectivity index (χ1) is 16.2. The van der Waals surface area contributed by atoms with Crippen molar-refractivity contribution in [2.75, 3.05) is 23.7 Å². The zero-order valence-electron chi connectivity index (χ0n) is 18.2. The minimum absolute atomic E-state index is 0.0769. The molecule has 2 N–H and O–H groups in total. The number of halogens is 3. The van der Waals surface area contributed by atoms with E-state index in [0.717, 1.165) is 24.1 Å². The van der Waals surface area contributed by atoms with E-state index in [1.54, 1.807) is 11.0 Å². The number of carbonyl (C=O) groups is 2. The van der Waals surface area contributed by atoms with Crippen LogP contribution < -0.4 is 10.6 Å². The molecule has 3 amide bonds. The van der Waals surface area contributed by atoms with Crippen LogP contribution in [0.3, 0.4) is 0 Å². The Bertz CT molecular complexity index is 1200. The van der Waals surface area contributed by atoms with E-state index in [2.05, 4.69) is 20.8 Å². The van der Waals surface area contributed by atoms with Crippen molar-refractivity contribution >= 4 is 34.6 Å². The third-order valence-corrected chi connectivity index (χ3v) is 6.61. The number of nitrogens with zero attached hydrogens (tertiary/aromatic N) is 3. The molecule has 34 heavy (non-hydrogen) atoms. The fourth-order valence-corrected chi connectivity index (χ4v) is 4.58. The minimum Gasteiger partial charge on any atom is -0.324 e. The van der Waals surface area contributed by atoms with Gasteiger partial charge in [0.25, 0.3) is 5.91 Å². The number of amides is 3. The second kappa shape index (κ2) is 9.80. The molecule has 0 aliphatic carbocycles. The van der Waals surface area contributed by atoms with Gasteiger partial charge in [0, 0.05) is 30.4 Å². The third-order valence-electron chi connectivity index (χ3n) is 5.53. The molecule has 2 heterocycles. The van der Waals surface area contributed by atoms with Gasteiger partial charge in [0.1, 0.15) is 5.01 Å². The number of nitrogens with one attached hydrogen (secondary N) is 2. The number of benzene rings is 2. The first-order valence-electron chi connectivity index (χ1n) is 10.6. The second-order valence-electron chi connectivity index (χ2n) is 8.01. The molecule has 0 saturated carbocycles. The lowest BCUT2D eigenvalue weighted by Gasteiger charge is -2.31. The zero-order valence-corrected chi connectivity index (χ0v) is 19.0. The normalized spacial score (nSPS) is 16.2. The molecule has 1 atom stereocenters. The summed E-state index contributed by atoms with van der Waals surface area (Å²) in [7, 11) is 0. The number of aromatic nitrogens is 2. The minimum atomic E-state index is -4.49. The fraction of sp³-hybridized carbons (Fsp3) is 0.304. The molecule has 1 aliphatic rings. The lowest BCUT2D eigenvalue weighted by atomic mass is 9.99. The Labute approximate surface area is 198 Å². The van der Waals surface area contributed by atoms with Crippen LogP contribution in [0, 0.1) is 6.92 Å². The van der Waals surface area contributed by atoms with Crippen molar-refractivity contribution < 1.29 is 22.8 Å². The van der Waals surface area contributed by atoms with Crippen LogP contribution in [0.5, 0.6) is 0 Å². The molecule has 178 valence electrons. The van der Waals surface area contributed by atoms with Crippen LogP contribution in [0.4, 0.5) is 29.3 Å². The molecule has 1 fully saturated rings. The molecule has 7 nitrogen and oxygen atoms in total. The first kappa shape index (κ1) is 23.7. The fourth-order valence-electron chi connectivity index (χ4n) is 3.72. The van der Waals surface area contributed by atoms with Crippen molar-refractivity contribution in [1.29, 1.82) is 0 Å². The summed E-state index contributed by atoms with van der Waals surface area (Å²) in [6.45, 7) is 2.70. The number of para-hydroxylation sites is 1. The van der Waals surface area contributed by atoms with Gasteiger partial charge in [-0.1, -0.05) is 35.6 Å². The molecule has 1 aromatic heterocycles. The van der Waals surface area contributed by atoms with Gasteiger partial charge in [0.05, 0.1) is 5.56 Å². The smallest absolute Gasteiger partial charge is 0.324 e. The van der Waals surface area contributed by atoms with Crippen molar-refractivity contribution in [3.8, 4) is 0 Å². The van der Waals surface area contributed by atoms with E-state index in [9.17, 15) is 22.8 Å². The van der Waals surface area contributed by atoms with Gasteiger partial charge < -0.3 is 15.5 Å². The summed E-state index contributed by atoms with van der Waals surface area (Å²) in [5.74, 6) is -0.466. The second-order valence-corrected chi connectivity index (χ2v) is 9.02. The number of piperidine rings is 1. The summed E-state index contributed by atoms with van der Waals surface area (Å²) in [6, 6.07) is 11.4. The molecule has 11 heteroatoms. The average Bonchev–Trinajstić information content (AvgIpc) is 3.31. The van der Waals surface area contributed by atoms with Gasteiger partial charge in [0.2, 0.25) is 5.01 Å². The number of rotatable bonds is 4. The molecule has 1 aliphatic heterocycles. The van der Waals surface area contributed by atoms with E-state index < -0.39 is 17.8 Å². The van der Waals surface area contributed by atoms with E-state index in [-0.39, 0.29) is 22.5 Å². The maximum atomic E-state index is 12.9. The maximum Gasteiger partial charge on any atom is 0.416 e. The van der Waals surface area contributed by atoms with E-state index in [1.165, 1.54) is 23.5 Å². The highest BCUT2D eigenvalue weighted by Crippen LogP contribution is 2.32. The van der Waals surface area contributed by atoms with Crippen LogP contribution in [0.1, 0.15) is 44.7 Å². The van der Waals surface area contributed by atoms with Crippen LogP contribution in [-0.2, 0) is 6.18 Å². The van der Waals surface area contributed by atoms with Gasteiger partial charge in [-0.3, -0.25) is 4.79 Å². The van der Waals surface area contributed by atoms with Crippen molar-refractivity contribution in [3.05, 3.63) is 69.7 Å². The molecule has 1 saturated heterocycles. The molecule has 2 aromatic carbocycles. The standard InChI is InChI=1S/C23H22F3N5O2S/c1-14-6-2-3-10-18(14)28-19(32)21-30-29-20(34-21)15-7-5-11-31(13-15)22(33)27-17-9-4-8-16(12-17)23(24,25)26/h2-4,6,8-10,12,15H,5,7,11,13H2,1H3,(H,27,33)(H,28,32). The average molecular weight is 490 g/mol. The lowest BCUT2D eigenvalue weighted by Crippen LogP contribution is -2.41. The van der Waals surface area contributed by atoms with Crippen molar-refractivity contribution in [2.45, 2.75) is 31.9 Å². The number of aryl methyl sites for hydroxylation is 1.